The summed E-state index contributed by atoms with van der Waals surface area (Å²) in [5.74, 6) is -7.62. The van der Waals surface area contributed by atoms with Crippen molar-refractivity contribution in [1.82, 2.24) is 4.90 Å². The first-order valence-electron chi connectivity index (χ1n) is 10.6. The molecule has 3 aliphatic carbocycles. The number of fused-ring (bicyclic) bond motifs is 3. The maximum Gasteiger partial charge on any atom is 0.255 e. The van der Waals surface area contributed by atoms with E-state index < -0.39 is 69.7 Å². The number of aliphatic hydroxyl groups is 3. The number of nitrogens with two attached hydrogens (primary N) is 1. The molecule has 4 rings (SSSR count). The normalized spacial score (nSPS) is 28.4. The van der Waals surface area contributed by atoms with Crippen LogP contribution in [0.4, 0.5) is 5.69 Å². The third kappa shape index (κ3) is 3.04. The fourth-order valence-electron chi connectivity index (χ4n) is 5.51. The van der Waals surface area contributed by atoms with Crippen molar-refractivity contribution in [2.45, 2.75) is 31.4 Å². The Balaban J connectivity index is 1.94. The minimum absolute atomic E-state index is 0.0139. The highest BCUT2D eigenvalue weighted by atomic mass is 16.3. The molecule has 1 fully saturated rings. The van der Waals surface area contributed by atoms with Gasteiger partial charge in [-0.3, -0.25) is 24.1 Å². The van der Waals surface area contributed by atoms with E-state index in [1.807, 2.05) is 0 Å². The second-order valence-corrected chi connectivity index (χ2v) is 9.14. The summed E-state index contributed by atoms with van der Waals surface area (Å²) in [6, 6.07) is 1.93. The number of phenols is 1. The van der Waals surface area contributed by atoms with Gasteiger partial charge in [-0.2, -0.15) is 0 Å². The highest BCUT2D eigenvalue weighted by Crippen LogP contribution is 2.53. The highest BCUT2D eigenvalue weighted by Gasteiger charge is 2.64. The lowest BCUT2D eigenvalue weighted by Gasteiger charge is -2.50. The molecule has 3 aliphatic rings. The predicted molar refractivity (Wildman–Crippen MR) is 119 cm³/mol. The van der Waals surface area contributed by atoms with Crippen LogP contribution in [-0.2, 0) is 25.6 Å². The van der Waals surface area contributed by atoms with Crippen LogP contribution in [-0.4, -0.2) is 74.4 Å². The third-order valence-electron chi connectivity index (χ3n) is 6.90. The molecule has 34 heavy (non-hydrogen) atoms. The molecule has 1 aromatic carbocycles. The summed E-state index contributed by atoms with van der Waals surface area (Å²) >= 11 is 0. The number of phenolic OH excluding ortho intramolecular Hbond substituents is 1. The van der Waals surface area contributed by atoms with E-state index in [2.05, 4.69) is 5.32 Å². The average molecular weight is 471 g/mol. The number of amides is 2. The van der Waals surface area contributed by atoms with Gasteiger partial charge in [-0.25, -0.2) is 0 Å². The van der Waals surface area contributed by atoms with Crippen LogP contribution in [0.15, 0.2) is 29.0 Å². The van der Waals surface area contributed by atoms with Crippen molar-refractivity contribution in [2.75, 3.05) is 19.4 Å². The topological polar surface area (TPSA) is 190 Å². The van der Waals surface area contributed by atoms with Gasteiger partial charge in [0.05, 0.1) is 17.3 Å². The van der Waals surface area contributed by atoms with Crippen molar-refractivity contribution in [3.05, 3.63) is 40.2 Å². The van der Waals surface area contributed by atoms with Crippen LogP contribution >= 0.6 is 0 Å². The molecule has 0 spiro atoms. The molecule has 0 aromatic heterocycles. The second kappa shape index (κ2) is 7.67. The number of nitrogens with one attached hydrogen (secondary N) is 1. The van der Waals surface area contributed by atoms with Crippen molar-refractivity contribution < 1.29 is 39.6 Å². The molecular formula is C23H25N3O8. The zero-order valence-electron chi connectivity index (χ0n) is 18.7. The molecule has 2 amide bonds. The van der Waals surface area contributed by atoms with E-state index in [0.29, 0.717) is 5.56 Å². The Labute approximate surface area is 194 Å². The number of nitrogens with zero attached hydrogens (tertiary/aromatic N) is 1. The molecule has 0 aliphatic heterocycles. The van der Waals surface area contributed by atoms with Crippen LogP contribution in [0, 0.1) is 11.8 Å². The Morgan fingerprint density at radius 2 is 1.82 bits per heavy atom. The molecule has 0 heterocycles. The van der Waals surface area contributed by atoms with Gasteiger partial charge in [0.15, 0.2) is 11.4 Å². The Bertz CT molecular complexity index is 1230. The van der Waals surface area contributed by atoms with Crippen LogP contribution in [0.25, 0.3) is 5.76 Å². The Hall–Kier alpha value is -3.70. The van der Waals surface area contributed by atoms with Gasteiger partial charge in [0.2, 0.25) is 11.7 Å². The van der Waals surface area contributed by atoms with Crippen LogP contribution in [0.5, 0.6) is 5.75 Å². The van der Waals surface area contributed by atoms with Crippen molar-refractivity contribution in [2.24, 2.45) is 17.6 Å². The average Bonchev–Trinajstić information content (AvgIpc) is 2.72. The first-order valence-corrected chi connectivity index (χ1v) is 10.6. The van der Waals surface area contributed by atoms with Gasteiger partial charge in [0.1, 0.15) is 22.8 Å². The van der Waals surface area contributed by atoms with E-state index in [9.17, 15) is 39.6 Å². The number of hydrogen-bond donors (Lipinski definition) is 6. The predicted octanol–water partition coefficient (Wildman–Crippen LogP) is -0.0776. The van der Waals surface area contributed by atoms with Gasteiger partial charge in [-0.1, -0.05) is 6.07 Å². The minimum atomic E-state index is -2.69. The Morgan fingerprint density at radius 1 is 1.18 bits per heavy atom. The SMILES string of the molecule is CC(=O)Nc1ccc2c(c1O)C(O)=C1C(=O)C3(O)C(O)=C(C(N)=O)C(=O)C(N(C)C)C3CC1C2. The number of rotatable bonds is 3. The molecule has 4 unspecified atom stereocenters. The van der Waals surface area contributed by atoms with Crippen molar-refractivity contribution in [3.63, 3.8) is 0 Å². The number of aliphatic hydroxyl groups excluding tert-OH is 2. The van der Waals surface area contributed by atoms with Crippen LogP contribution in [0.1, 0.15) is 24.5 Å². The first kappa shape index (κ1) is 23.5. The van der Waals surface area contributed by atoms with Gasteiger partial charge in [0, 0.05) is 18.4 Å². The number of anilines is 1. The second-order valence-electron chi connectivity index (χ2n) is 9.14. The molecule has 7 N–H and O–H groups in total. The fraction of sp³-hybridized carbons (Fsp3) is 0.391. The van der Waals surface area contributed by atoms with E-state index in [4.69, 9.17) is 5.73 Å². The van der Waals surface area contributed by atoms with Gasteiger partial charge in [-0.15, -0.1) is 0 Å². The fourth-order valence-corrected chi connectivity index (χ4v) is 5.51. The lowest BCUT2D eigenvalue weighted by molar-refractivity contribution is -0.153. The quantitative estimate of drug-likeness (QED) is 0.259. The van der Waals surface area contributed by atoms with Crippen LogP contribution < -0.4 is 11.1 Å². The monoisotopic (exact) mass is 471 g/mol. The maximum absolute atomic E-state index is 13.7. The summed E-state index contributed by atoms with van der Waals surface area (Å²) in [4.78, 5) is 51.5. The zero-order chi connectivity index (χ0) is 25.3. The lowest BCUT2D eigenvalue weighted by Crippen LogP contribution is -2.65. The number of primary amides is 1. The summed E-state index contributed by atoms with van der Waals surface area (Å²) < 4.78 is 0. The molecule has 11 nitrogen and oxygen atoms in total. The molecule has 0 saturated heterocycles. The number of hydrogen-bond acceptors (Lipinski definition) is 9. The number of aromatic hydroxyl groups is 1. The van der Waals surface area contributed by atoms with E-state index in [-0.39, 0.29) is 29.7 Å². The third-order valence-corrected chi connectivity index (χ3v) is 6.90. The van der Waals surface area contributed by atoms with Gasteiger partial charge in [0.25, 0.3) is 5.91 Å². The van der Waals surface area contributed by atoms with Crippen molar-refractivity contribution in [3.8, 4) is 5.75 Å². The zero-order valence-corrected chi connectivity index (χ0v) is 18.7. The Morgan fingerprint density at radius 3 is 2.38 bits per heavy atom. The van der Waals surface area contributed by atoms with Gasteiger partial charge in [-0.05, 0) is 44.5 Å². The summed E-state index contributed by atoms with van der Waals surface area (Å²) in [5.41, 5.74) is 1.93. The molecular weight excluding hydrogens is 446 g/mol. The number of benzene rings is 1. The molecule has 0 radical (unpaired) electrons. The molecule has 4 atom stereocenters. The summed E-state index contributed by atoms with van der Waals surface area (Å²) in [7, 11) is 3.07. The number of likely N-dealkylation sites (N-methyl/N-ethyl adjacent to an activating group) is 1. The molecule has 0 bridgehead atoms. The molecule has 1 saturated carbocycles. The number of ketones is 2. The number of carbonyl (C=O) groups is 4. The largest absolute Gasteiger partial charge is 0.508 e. The Kier molecular flexibility index (Phi) is 5.29. The number of Topliss-reactive ketones (excluding diaryl/α,β-unsaturated/α-hetero) is 2. The maximum atomic E-state index is 13.7. The smallest absolute Gasteiger partial charge is 0.255 e. The van der Waals surface area contributed by atoms with Crippen molar-refractivity contribution >= 4 is 34.8 Å². The van der Waals surface area contributed by atoms with E-state index in [0.717, 1.165) is 0 Å². The highest BCUT2D eigenvalue weighted by molar-refractivity contribution is 6.24. The summed E-state index contributed by atoms with van der Waals surface area (Å²) in [6.07, 6.45) is 0.197. The van der Waals surface area contributed by atoms with Crippen molar-refractivity contribution in [1.29, 1.82) is 0 Å². The lowest BCUT2D eigenvalue weighted by atomic mass is 9.57. The first-order chi connectivity index (χ1) is 15.8. The summed E-state index contributed by atoms with van der Waals surface area (Å²) in [5, 5.41) is 46.5. The van der Waals surface area contributed by atoms with Crippen LogP contribution in [0.2, 0.25) is 0 Å². The van der Waals surface area contributed by atoms with E-state index in [1.54, 1.807) is 6.07 Å². The molecule has 11 heteroatoms. The molecule has 1 aromatic rings. The minimum Gasteiger partial charge on any atom is -0.508 e. The van der Waals surface area contributed by atoms with Crippen LogP contribution in [0.3, 0.4) is 0 Å². The molecule has 180 valence electrons. The van der Waals surface area contributed by atoms with Gasteiger partial charge >= 0.3 is 0 Å². The van der Waals surface area contributed by atoms with E-state index in [1.165, 1.54) is 32.0 Å². The summed E-state index contributed by atoms with van der Waals surface area (Å²) in [6.45, 7) is 1.24. The number of carbonyl (C=O) groups excluding carboxylic acids is 4. The standard InChI is InChI=1S/C23H25N3O8/c1-8(27)25-12-5-4-9-6-10-7-11-16(26(2)3)19(30)15(22(24)33)21(32)23(11,34)20(31)14(10)18(29)13(9)17(12)28/h4-5,10-11,16,28-29,32,34H,6-7H2,1-3H3,(H2,24,33)(H,25,27). The van der Waals surface area contributed by atoms with Gasteiger partial charge < -0.3 is 31.5 Å². The van der Waals surface area contributed by atoms with E-state index >= 15 is 0 Å².